The van der Waals surface area contributed by atoms with Crippen molar-refractivity contribution in [1.29, 1.82) is 0 Å². The minimum Gasteiger partial charge on any atom is -0.481 e. The first-order valence-corrected chi connectivity index (χ1v) is 24.6. The van der Waals surface area contributed by atoms with E-state index in [9.17, 15) is 72.9 Å². The Balaban J connectivity index is 2.17. The van der Waals surface area contributed by atoms with E-state index in [2.05, 4.69) is 31.3 Å². The number of benzene rings is 2. The quantitative estimate of drug-likeness (QED) is 0.0201. The van der Waals surface area contributed by atoms with E-state index in [4.69, 9.17) is 5.11 Å². The second kappa shape index (κ2) is 33.1. The molecule has 0 aliphatic carbocycles. The number of carboxylic acids is 4. The summed E-state index contributed by atoms with van der Waals surface area (Å²) in [4.78, 5) is 153. The van der Waals surface area contributed by atoms with Crippen molar-refractivity contribution < 1.29 is 82.7 Å². The van der Waals surface area contributed by atoms with Gasteiger partial charge in [0.2, 0.25) is 23.6 Å². The second-order valence-electron chi connectivity index (χ2n) is 16.9. The molecule has 404 valence electrons. The molecule has 25 heteroatoms. The normalized spacial score (nSPS) is 13.5. The maximum atomic E-state index is 14.2. The summed E-state index contributed by atoms with van der Waals surface area (Å²) in [6, 6.07) is 11.0. The molecule has 2 rings (SSSR count). The molecule has 0 saturated heterocycles. The van der Waals surface area contributed by atoms with Crippen molar-refractivity contribution in [2.75, 3.05) is 33.9 Å². The lowest BCUT2D eigenvalue weighted by Gasteiger charge is -2.32. The van der Waals surface area contributed by atoms with E-state index in [1.54, 1.807) is 66.9 Å². The van der Waals surface area contributed by atoms with Crippen molar-refractivity contribution in [1.82, 2.24) is 36.4 Å². The third-order valence-electron chi connectivity index (χ3n) is 11.4. The Hall–Kier alpha value is -7.67. The van der Waals surface area contributed by atoms with Crippen LogP contribution < -0.4 is 26.6 Å². The lowest BCUT2D eigenvalue weighted by Crippen LogP contribution is -2.56. The molecule has 9 N–H and O–H groups in total. The summed E-state index contributed by atoms with van der Waals surface area (Å²) in [5.74, 6) is -10.5. The fraction of sp³-hybridized carbons (Fsp3) is 0.469. The first kappa shape index (κ1) is 62.4. The van der Waals surface area contributed by atoms with Gasteiger partial charge in [-0.05, 0) is 56.5 Å². The van der Waals surface area contributed by atoms with E-state index in [0.29, 0.717) is 11.1 Å². The number of unbranched alkanes of at least 4 members (excludes halogenated alkanes) is 1. The molecule has 74 heavy (non-hydrogen) atoms. The van der Waals surface area contributed by atoms with Crippen LogP contribution >= 0.6 is 11.8 Å². The molecular weight excluding hydrogens is 991 g/mol. The van der Waals surface area contributed by atoms with Crippen molar-refractivity contribution in [3.8, 4) is 0 Å². The number of carbonyl (C=O) groups excluding carboxylic acids is 8. The third-order valence-corrected chi connectivity index (χ3v) is 11.9. The Morgan fingerprint density at radius 2 is 1.30 bits per heavy atom. The molecule has 0 aliphatic heterocycles. The topological polar surface area (TPSA) is 362 Å². The highest BCUT2D eigenvalue weighted by molar-refractivity contribution is 8.01. The maximum Gasteiger partial charge on any atom is 0.353 e. The zero-order valence-corrected chi connectivity index (χ0v) is 42.3. The molecule has 6 amide bonds. The molecule has 0 radical (unpaired) electrons. The Morgan fingerprint density at radius 1 is 0.689 bits per heavy atom. The smallest absolute Gasteiger partial charge is 0.353 e. The number of likely N-dealkylation sites (N-methyl/N-ethyl adjacent to an activating group) is 3. The molecule has 6 atom stereocenters. The van der Waals surface area contributed by atoms with Gasteiger partial charge in [0, 0.05) is 64.1 Å². The van der Waals surface area contributed by atoms with Crippen LogP contribution in [0, 0.1) is 5.92 Å². The molecule has 2 aromatic rings. The predicted octanol–water partition coefficient (Wildman–Crippen LogP) is 1.31. The van der Waals surface area contributed by atoms with Crippen LogP contribution in [0.1, 0.15) is 75.3 Å². The highest BCUT2D eigenvalue weighted by atomic mass is 32.2. The SMILES string of the molecule is CN[C@@H](CNC(=O)[C@@H](CC(=O)[C@H](Cc1ccccc1)NC(=O)CCCCC(=O)CC[C@H](NC(=O)N[C@@H](CCC(=O)O)OC=O)C(=O)O)Cc1ccccc1)C(=O)N(C)C(CC(=O)O)C(=O)N(C)C(=CSC)C(=O)O. The summed E-state index contributed by atoms with van der Waals surface area (Å²) in [7, 11) is 3.71. The summed E-state index contributed by atoms with van der Waals surface area (Å²) in [6.45, 7) is -0.391. The number of nitrogens with one attached hydrogen (secondary N) is 5. The van der Waals surface area contributed by atoms with Crippen LogP contribution in [0.4, 0.5) is 4.79 Å². The molecule has 0 aromatic heterocycles. The number of thioether (sulfide) groups is 1. The Kier molecular flexibility index (Phi) is 28.0. The van der Waals surface area contributed by atoms with Gasteiger partial charge in [-0.1, -0.05) is 60.7 Å². The maximum absolute atomic E-state index is 14.2. The lowest BCUT2D eigenvalue weighted by molar-refractivity contribution is -0.150. The zero-order valence-electron chi connectivity index (χ0n) is 41.5. The third kappa shape index (κ3) is 22.8. The van der Waals surface area contributed by atoms with Gasteiger partial charge in [-0.2, -0.15) is 0 Å². The van der Waals surface area contributed by atoms with Crippen LogP contribution in [0.15, 0.2) is 71.8 Å². The van der Waals surface area contributed by atoms with Gasteiger partial charge in [-0.25, -0.2) is 14.4 Å². The molecule has 0 bridgehead atoms. The fourth-order valence-electron chi connectivity index (χ4n) is 7.38. The van der Waals surface area contributed by atoms with Gasteiger partial charge in [0.25, 0.3) is 6.47 Å². The number of ketones is 2. The summed E-state index contributed by atoms with van der Waals surface area (Å²) in [5.41, 5.74) is 0.942. The standard InChI is InChI=1S/C49H65N7O17S/c1-50-36(45(66)55(2)37(26-43(63)64)46(67)56(3)38(28-74-4)48(70)71)27-51-44(65)32(23-30-13-7-5-8-14-30)25-39(59)35(24-31-15-9-6-10-16-31)52-40(60)18-12-11-17-33(58)19-20-34(47(68)69)53-49(72)54-41(73-29-57)21-22-42(61)62/h5-10,13-16,28-29,32,34-37,41,50H,11-12,17-27H2,1-4H3,(H,51,65)(H,52,60)(H,61,62)(H,63,64)(H,68,69)(H,70,71)(H2,53,54,72)/t32-,34+,35+,36+,37?,41-/m1/s1. The zero-order chi connectivity index (χ0) is 55.3. The van der Waals surface area contributed by atoms with Gasteiger partial charge in [0.15, 0.2) is 12.0 Å². The molecule has 1 unspecified atom stereocenters. The molecular formula is C49H65N7O17S. The number of carboxylic acid groups (broad SMARTS) is 4. The monoisotopic (exact) mass is 1060 g/mol. The molecule has 2 aromatic carbocycles. The van der Waals surface area contributed by atoms with E-state index in [-0.39, 0.29) is 83.0 Å². The van der Waals surface area contributed by atoms with E-state index in [1.807, 2.05) is 0 Å². The number of ether oxygens (including phenoxy) is 1. The van der Waals surface area contributed by atoms with Crippen LogP contribution in [0.2, 0.25) is 0 Å². The molecule has 0 spiro atoms. The summed E-state index contributed by atoms with van der Waals surface area (Å²) in [5, 5.41) is 51.4. The van der Waals surface area contributed by atoms with Gasteiger partial charge in [0.1, 0.15) is 29.6 Å². The lowest BCUT2D eigenvalue weighted by atomic mass is 9.89. The number of hydrogen-bond donors (Lipinski definition) is 9. The Bertz CT molecular complexity index is 2300. The van der Waals surface area contributed by atoms with E-state index in [1.165, 1.54) is 19.5 Å². The largest absolute Gasteiger partial charge is 0.481 e. The van der Waals surface area contributed by atoms with Crippen molar-refractivity contribution in [3.05, 3.63) is 82.9 Å². The average Bonchev–Trinajstić information content (AvgIpc) is 3.36. The number of aliphatic carboxylic acids is 4. The molecule has 0 saturated carbocycles. The number of rotatable bonds is 36. The number of carbonyl (C=O) groups is 12. The predicted molar refractivity (Wildman–Crippen MR) is 266 cm³/mol. The van der Waals surface area contributed by atoms with Crippen LogP contribution in [0.5, 0.6) is 0 Å². The van der Waals surface area contributed by atoms with E-state index < -0.39 is 114 Å². The highest BCUT2D eigenvalue weighted by Crippen LogP contribution is 2.19. The van der Waals surface area contributed by atoms with E-state index in [0.717, 1.165) is 28.6 Å². The van der Waals surface area contributed by atoms with Crippen LogP contribution in [-0.4, -0.2) is 166 Å². The second-order valence-corrected chi connectivity index (χ2v) is 17.6. The molecule has 0 fully saturated rings. The summed E-state index contributed by atoms with van der Waals surface area (Å²) in [6.07, 6.45) is -1.96. The van der Waals surface area contributed by atoms with Gasteiger partial charge >= 0.3 is 29.9 Å². The summed E-state index contributed by atoms with van der Waals surface area (Å²) >= 11 is 0.993. The Morgan fingerprint density at radius 3 is 1.84 bits per heavy atom. The first-order valence-electron chi connectivity index (χ1n) is 23.3. The van der Waals surface area contributed by atoms with Crippen LogP contribution in [0.25, 0.3) is 0 Å². The van der Waals surface area contributed by atoms with Gasteiger partial charge in [-0.15, -0.1) is 11.8 Å². The number of amides is 6. The van der Waals surface area contributed by atoms with Crippen molar-refractivity contribution in [2.24, 2.45) is 5.92 Å². The van der Waals surface area contributed by atoms with Crippen molar-refractivity contribution in [3.63, 3.8) is 0 Å². The van der Waals surface area contributed by atoms with Crippen LogP contribution in [0.3, 0.4) is 0 Å². The van der Waals surface area contributed by atoms with E-state index >= 15 is 0 Å². The fourth-order valence-corrected chi connectivity index (χ4v) is 7.86. The minimum atomic E-state index is -1.65. The number of hydrogen-bond acceptors (Lipinski definition) is 15. The number of urea groups is 1. The van der Waals surface area contributed by atoms with Crippen molar-refractivity contribution in [2.45, 2.75) is 107 Å². The van der Waals surface area contributed by atoms with Crippen LogP contribution in [-0.2, 0) is 70.3 Å². The van der Waals surface area contributed by atoms with Gasteiger partial charge in [0.05, 0.1) is 18.9 Å². The molecule has 0 heterocycles. The van der Waals surface area contributed by atoms with Gasteiger partial charge < -0.3 is 61.5 Å². The van der Waals surface area contributed by atoms with Crippen molar-refractivity contribution >= 4 is 83.3 Å². The Labute approximate surface area is 431 Å². The number of nitrogens with zero attached hydrogens (tertiary/aromatic N) is 2. The van der Waals surface area contributed by atoms with Gasteiger partial charge in [-0.3, -0.25) is 43.2 Å². The minimum absolute atomic E-state index is 0.00880. The molecule has 24 nitrogen and oxygen atoms in total. The highest BCUT2D eigenvalue weighted by Gasteiger charge is 2.37. The summed E-state index contributed by atoms with van der Waals surface area (Å²) < 4.78 is 4.62. The number of Topliss-reactive ketones (excluding diaryl/α,β-unsaturated/α-hetero) is 2. The average molecular weight is 1060 g/mol. The first-order chi connectivity index (χ1) is 35.1. The molecule has 0 aliphatic rings.